The van der Waals surface area contributed by atoms with Gasteiger partial charge in [0.2, 0.25) is 0 Å². The first-order valence-corrected chi connectivity index (χ1v) is 8.14. The molecule has 0 aliphatic carbocycles. The molecule has 2 heterocycles. The smallest absolute Gasteiger partial charge is 0.160 e. The summed E-state index contributed by atoms with van der Waals surface area (Å²) in [5.74, 6) is 0.201. The molecule has 0 atom stereocenters. The maximum Gasteiger partial charge on any atom is 0.160 e. The van der Waals surface area contributed by atoms with E-state index < -0.39 is 0 Å². The standard InChI is InChI=1S/C20H18N4O/c21-12-14-7-5-13(6-8-14)9-16-10-15-11-18(23-24-20(15)22-16)17-3-1-2-4-19(17)25/h1-8,10-11,25H,9,12,21H2,(H,22,24). The van der Waals surface area contributed by atoms with Crippen molar-refractivity contribution < 1.29 is 5.11 Å². The highest BCUT2D eigenvalue weighted by molar-refractivity contribution is 5.81. The van der Waals surface area contributed by atoms with E-state index in [0.717, 1.165) is 28.7 Å². The molecule has 5 heteroatoms. The summed E-state index contributed by atoms with van der Waals surface area (Å²) in [6, 6.07) is 19.4. The molecule has 0 aliphatic rings. The Bertz CT molecular complexity index is 1020. The van der Waals surface area contributed by atoms with Crippen molar-refractivity contribution in [2.45, 2.75) is 13.0 Å². The van der Waals surface area contributed by atoms with Crippen LogP contribution in [-0.4, -0.2) is 20.3 Å². The zero-order valence-electron chi connectivity index (χ0n) is 13.6. The molecule has 4 rings (SSSR count). The van der Waals surface area contributed by atoms with Gasteiger partial charge in [-0.2, -0.15) is 0 Å². The highest BCUT2D eigenvalue weighted by Gasteiger charge is 2.09. The lowest BCUT2D eigenvalue weighted by Gasteiger charge is -2.02. The summed E-state index contributed by atoms with van der Waals surface area (Å²) in [4.78, 5) is 3.31. The second kappa shape index (κ2) is 6.37. The third-order valence-electron chi connectivity index (χ3n) is 4.27. The predicted octanol–water partition coefficient (Wildman–Crippen LogP) is 3.38. The molecule has 0 saturated heterocycles. The van der Waals surface area contributed by atoms with Gasteiger partial charge < -0.3 is 15.8 Å². The molecule has 2 aromatic carbocycles. The second-order valence-corrected chi connectivity index (χ2v) is 6.04. The number of aromatic nitrogens is 3. The van der Waals surface area contributed by atoms with Gasteiger partial charge in [0.05, 0.1) is 5.69 Å². The van der Waals surface area contributed by atoms with Crippen LogP contribution in [0.5, 0.6) is 5.75 Å². The van der Waals surface area contributed by atoms with Gasteiger partial charge in [-0.05, 0) is 35.4 Å². The van der Waals surface area contributed by atoms with E-state index in [1.165, 1.54) is 5.56 Å². The van der Waals surface area contributed by atoms with Crippen LogP contribution < -0.4 is 5.73 Å². The normalized spacial score (nSPS) is 11.1. The maximum atomic E-state index is 9.99. The van der Waals surface area contributed by atoms with E-state index in [4.69, 9.17) is 5.73 Å². The number of nitrogens with one attached hydrogen (secondary N) is 1. The van der Waals surface area contributed by atoms with Gasteiger partial charge in [-0.25, -0.2) is 0 Å². The molecule has 0 unspecified atom stereocenters. The molecule has 0 saturated carbocycles. The first-order chi connectivity index (χ1) is 12.2. The SMILES string of the molecule is NCc1ccc(Cc2cc3cc(-c4ccccc4O)nnc3[nH]2)cc1. The summed E-state index contributed by atoms with van der Waals surface area (Å²) >= 11 is 0. The van der Waals surface area contributed by atoms with E-state index >= 15 is 0 Å². The van der Waals surface area contributed by atoms with Gasteiger partial charge in [0.25, 0.3) is 0 Å². The van der Waals surface area contributed by atoms with Crippen LogP contribution in [-0.2, 0) is 13.0 Å². The fourth-order valence-electron chi connectivity index (χ4n) is 2.92. The number of fused-ring (bicyclic) bond motifs is 1. The van der Waals surface area contributed by atoms with Gasteiger partial charge >= 0.3 is 0 Å². The highest BCUT2D eigenvalue weighted by Crippen LogP contribution is 2.28. The van der Waals surface area contributed by atoms with Crippen molar-refractivity contribution in [1.29, 1.82) is 0 Å². The van der Waals surface area contributed by atoms with Gasteiger partial charge in [0, 0.05) is 29.6 Å². The number of aromatic hydroxyl groups is 1. The second-order valence-electron chi connectivity index (χ2n) is 6.04. The Morgan fingerprint density at radius 3 is 2.44 bits per heavy atom. The number of nitrogens with zero attached hydrogens (tertiary/aromatic N) is 2. The summed E-state index contributed by atoms with van der Waals surface area (Å²) in [5.41, 5.74) is 11.1. The number of hydrogen-bond donors (Lipinski definition) is 3. The zero-order valence-corrected chi connectivity index (χ0v) is 13.6. The summed E-state index contributed by atoms with van der Waals surface area (Å²) in [7, 11) is 0. The van der Waals surface area contributed by atoms with Crippen LogP contribution in [0.1, 0.15) is 16.8 Å². The number of phenolic OH excluding ortho intramolecular Hbond substituents is 1. The molecule has 2 aromatic heterocycles. The van der Waals surface area contributed by atoms with Gasteiger partial charge in [0.1, 0.15) is 5.75 Å². The van der Waals surface area contributed by atoms with Gasteiger partial charge in [0.15, 0.2) is 5.65 Å². The Kier molecular flexibility index (Phi) is 3.91. The fourth-order valence-corrected chi connectivity index (χ4v) is 2.92. The van der Waals surface area contributed by atoms with E-state index in [-0.39, 0.29) is 5.75 Å². The Morgan fingerprint density at radius 1 is 0.920 bits per heavy atom. The Hall–Kier alpha value is -3.18. The van der Waals surface area contributed by atoms with Crippen molar-refractivity contribution in [3.63, 3.8) is 0 Å². The Balaban J connectivity index is 1.65. The summed E-state index contributed by atoms with van der Waals surface area (Å²) in [6.07, 6.45) is 0.785. The molecule has 0 radical (unpaired) electrons. The number of para-hydroxylation sites is 1. The number of aromatic amines is 1. The van der Waals surface area contributed by atoms with Crippen molar-refractivity contribution in [1.82, 2.24) is 15.2 Å². The Labute approximate surface area is 145 Å². The quantitative estimate of drug-likeness (QED) is 0.535. The van der Waals surface area contributed by atoms with Crippen molar-refractivity contribution in [2.75, 3.05) is 0 Å². The third-order valence-corrected chi connectivity index (χ3v) is 4.27. The minimum absolute atomic E-state index is 0.201. The lowest BCUT2D eigenvalue weighted by Crippen LogP contribution is -1.96. The van der Waals surface area contributed by atoms with Crippen LogP contribution in [0.3, 0.4) is 0 Å². The molecule has 0 bridgehead atoms. The first kappa shape index (κ1) is 15.4. The summed E-state index contributed by atoms with van der Waals surface area (Å²) in [5, 5.41) is 19.4. The molecule has 0 aliphatic heterocycles. The molecule has 4 N–H and O–H groups in total. The van der Waals surface area contributed by atoms with Gasteiger partial charge in [-0.15, -0.1) is 10.2 Å². The third kappa shape index (κ3) is 3.09. The van der Waals surface area contributed by atoms with Crippen LogP contribution in [0, 0.1) is 0 Å². The van der Waals surface area contributed by atoms with Crippen LogP contribution in [0.4, 0.5) is 0 Å². The minimum Gasteiger partial charge on any atom is -0.507 e. The summed E-state index contributed by atoms with van der Waals surface area (Å²) < 4.78 is 0. The number of H-pyrrole nitrogens is 1. The average molecular weight is 330 g/mol. The molecular weight excluding hydrogens is 312 g/mol. The molecular formula is C20H18N4O. The zero-order chi connectivity index (χ0) is 17.2. The van der Waals surface area contributed by atoms with Crippen molar-refractivity contribution in [3.8, 4) is 17.0 Å². The minimum atomic E-state index is 0.201. The van der Waals surface area contributed by atoms with Crippen molar-refractivity contribution in [2.24, 2.45) is 5.73 Å². The number of rotatable bonds is 4. The fraction of sp³-hybridized carbons (Fsp3) is 0.100. The van der Waals surface area contributed by atoms with Crippen LogP contribution in [0.2, 0.25) is 0 Å². The molecule has 4 aromatic rings. The molecule has 25 heavy (non-hydrogen) atoms. The predicted molar refractivity (Wildman–Crippen MR) is 98.1 cm³/mol. The molecule has 5 nitrogen and oxygen atoms in total. The van der Waals surface area contributed by atoms with Gasteiger partial charge in [-0.1, -0.05) is 36.4 Å². The number of phenols is 1. The number of nitrogens with two attached hydrogens (primary N) is 1. The maximum absolute atomic E-state index is 9.99. The largest absolute Gasteiger partial charge is 0.507 e. The molecule has 124 valence electrons. The van der Waals surface area contributed by atoms with Crippen LogP contribution in [0.15, 0.2) is 60.7 Å². The van der Waals surface area contributed by atoms with Crippen LogP contribution >= 0.6 is 0 Å². The van der Waals surface area contributed by atoms with E-state index in [9.17, 15) is 5.11 Å². The Morgan fingerprint density at radius 2 is 1.68 bits per heavy atom. The summed E-state index contributed by atoms with van der Waals surface area (Å²) in [6.45, 7) is 0.553. The van der Waals surface area contributed by atoms with Gasteiger partial charge in [-0.3, -0.25) is 0 Å². The number of benzene rings is 2. The molecule has 0 amide bonds. The van der Waals surface area contributed by atoms with Crippen LogP contribution in [0.25, 0.3) is 22.3 Å². The monoisotopic (exact) mass is 330 g/mol. The van der Waals surface area contributed by atoms with E-state index in [0.29, 0.717) is 17.8 Å². The molecule has 0 fully saturated rings. The molecule has 0 spiro atoms. The van der Waals surface area contributed by atoms with E-state index in [1.807, 2.05) is 30.3 Å². The van der Waals surface area contributed by atoms with Crippen molar-refractivity contribution >= 4 is 11.0 Å². The van der Waals surface area contributed by atoms with E-state index in [1.54, 1.807) is 12.1 Å². The highest BCUT2D eigenvalue weighted by atomic mass is 16.3. The lowest BCUT2D eigenvalue weighted by atomic mass is 10.1. The van der Waals surface area contributed by atoms with E-state index in [2.05, 4.69) is 33.4 Å². The van der Waals surface area contributed by atoms with Crippen molar-refractivity contribution in [3.05, 3.63) is 77.5 Å². The lowest BCUT2D eigenvalue weighted by molar-refractivity contribution is 0.477. The topological polar surface area (TPSA) is 87.8 Å². The first-order valence-electron chi connectivity index (χ1n) is 8.14. The number of hydrogen-bond acceptors (Lipinski definition) is 4. The average Bonchev–Trinajstić information content (AvgIpc) is 3.04.